The zero-order chi connectivity index (χ0) is 16.5. The maximum Gasteiger partial charge on any atom is 0.255 e. The normalized spacial score (nSPS) is 9.92. The molecule has 4 nitrogen and oxygen atoms in total. The van der Waals surface area contributed by atoms with Crippen LogP contribution in [0, 0.1) is 5.82 Å². The highest BCUT2D eigenvalue weighted by molar-refractivity contribution is 5.96. The smallest absolute Gasteiger partial charge is 0.255 e. The van der Waals surface area contributed by atoms with Crippen molar-refractivity contribution < 1.29 is 13.9 Å². The molecule has 0 aliphatic rings. The molecule has 6 heteroatoms. The third-order valence-corrected chi connectivity index (χ3v) is 3.33. The summed E-state index contributed by atoms with van der Waals surface area (Å²) in [5.74, 6) is 0.0776. The number of amides is 1. The number of hydrogen-bond acceptors (Lipinski definition) is 3. The molecule has 0 heterocycles. The van der Waals surface area contributed by atoms with Crippen LogP contribution in [-0.2, 0) is 6.61 Å². The molecule has 0 saturated heterocycles. The van der Waals surface area contributed by atoms with Gasteiger partial charge >= 0.3 is 0 Å². The third kappa shape index (κ3) is 6.18. The molecule has 0 spiro atoms. The van der Waals surface area contributed by atoms with Gasteiger partial charge in [-0.25, -0.2) is 4.39 Å². The van der Waals surface area contributed by atoms with E-state index in [-0.39, 0.29) is 30.7 Å². The van der Waals surface area contributed by atoms with Gasteiger partial charge in [0.2, 0.25) is 0 Å². The first-order valence-electron chi connectivity index (χ1n) is 7.60. The number of carbonyl (C=O) groups excluding carboxylic acids is 1. The van der Waals surface area contributed by atoms with E-state index in [9.17, 15) is 9.18 Å². The van der Waals surface area contributed by atoms with Gasteiger partial charge in [-0.3, -0.25) is 4.79 Å². The Morgan fingerprint density at radius 2 is 1.79 bits per heavy atom. The van der Waals surface area contributed by atoms with E-state index < -0.39 is 0 Å². The molecule has 0 radical (unpaired) electrons. The first kappa shape index (κ1) is 19.9. The Kier molecular flexibility index (Phi) is 8.83. The number of para-hydroxylation sites is 1. The molecule has 24 heavy (non-hydrogen) atoms. The minimum Gasteiger partial charge on any atom is -0.488 e. The summed E-state index contributed by atoms with van der Waals surface area (Å²) in [4.78, 5) is 12.2. The van der Waals surface area contributed by atoms with E-state index in [2.05, 4.69) is 10.6 Å². The summed E-state index contributed by atoms with van der Waals surface area (Å²) in [6.07, 6.45) is 0.862. The molecule has 0 aromatic heterocycles. The van der Waals surface area contributed by atoms with Crippen LogP contribution in [0.2, 0.25) is 0 Å². The van der Waals surface area contributed by atoms with Crippen molar-refractivity contribution in [2.75, 3.05) is 20.1 Å². The zero-order valence-corrected chi connectivity index (χ0v) is 14.4. The third-order valence-electron chi connectivity index (χ3n) is 3.33. The van der Waals surface area contributed by atoms with Crippen LogP contribution in [0.5, 0.6) is 5.75 Å². The van der Waals surface area contributed by atoms with Crippen molar-refractivity contribution in [1.29, 1.82) is 0 Å². The molecule has 0 aliphatic carbocycles. The van der Waals surface area contributed by atoms with Crippen molar-refractivity contribution in [3.63, 3.8) is 0 Å². The van der Waals surface area contributed by atoms with Gasteiger partial charge in [0.15, 0.2) is 0 Å². The number of nitrogens with one attached hydrogen (secondary N) is 2. The number of ether oxygens (including phenoxy) is 1. The molecule has 2 rings (SSSR count). The van der Waals surface area contributed by atoms with Gasteiger partial charge in [-0.15, -0.1) is 12.4 Å². The number of hydrogen-bond donors (Lipinski definition) is 2. The molecule has 0 fully saturated rings. The molecule has 2 N–H and O–H groups in total. The number of rotatable bonds is 8. The van der Waals surface area contributed by atoms with Crippen LogP contribution in [0.25, 0.3) is 0 Å². The van der Waals surface area contributed by atoms with Crippen molar-refractivity contribution in [2.45, 2.75) is 13.0 Å². The monoisotopic (exact) mass is 352 g/mol. The summed E-state index contributed by atoms with van der Waals surface area (Å²) in [6, 6.07) is 13.2. The second-order valence-electron chi connectivity index (χ2n) is 5.12. The van der Waals surface area contributed by atoms with Crippen LogP contribution in [-0.4, -0.2) is 26.0 Å². The molecule has 0 aliphatic heterocycles. The molecular weight excluding hydrogens is 331 g/mol. The summed E-state index contributed by atoms with van der Waals surface area (Å²) in [5, 5.41) is 5.90. The second-order valence-corrected chi connectivity index (χ2v) is 5.12. The quantitative estimate of drug-likeness (QED) is 0.717. The molecule has 130 valence electrons. The van der Waals surface area contributed by atoms with Gasteiger partial charge in [-0.1, -0.05) is 24.3 Å². The van der Waals surface area contributed by atoms with Crippen LogP contribution >= 0.6 is 12.4 Å². The second kappa shape index (κ2) is 10.6. The maximum atomic E-state index is 12.9. The molecule has 0 atom stereocenters. The topological polar surface area (TPSA) is 50.4 Å². The van der Waals surface area contributed by atoms with Crippen molar-refractivity contribution in [3.05, 3.63) is 65.5 Å². The zero-order valence-electron chi connectivity index (χ0n) is 13.5. The van der Waals surface area contributed by atoms with Gasteiger partial charge in [0.1, 0.15) is 18.2 Å². The molecule has 0 bridgehead atoms. The van der Waals surface area contributed by atoms with E-state index in [0.717, 1.165) is 18.5 Å². The van der Waals surface area contributed by atoms with Gasteiger partial charge in [-0.05, 0) is 49.8 Å². The van der Waals surface area contributed by atoms with Crippen LogP contribution in [0.15, 0.2) is 48.5 Å². The van der Waals surface area contributed by atoms with Crippen molar-refractivity contribution in [2.24, 2.45) is 0 Å². The fourth-order valence-corrected chi connectivity index (χ4v) is 2.08. The lowest BCUT2D eigenvalue weighted by atomic mass is 10.2. The van der Waals surface area contributed by atoms with E-state index in [1.54, 1.807) is 30.3 Å². The Morgan fingerprint density at radius 3 is 2.50 bits per heavy atom. The van der Waals surface area contributed by atoms with E-state index >= 15 is 0 Å². The Labute approximate surface area is 147 Å². The fraction of sp³-hybridized carbons (Fsp3) is 0.278. The van der Waals surface area contributed by atoms with Crippen LogP contribution in [0.1, 0.15) is 22.3 Å². The summed E-state index contributed by atoms with van der Waals surface area (Å²) in [7, 11) is 1.88. The van der Waals surface area contributed by atoms with Crippen molar-refractivity contribution in [3.8, 4) is 5.75 Å². The van der Waals surface area contributed by atoms with Gasteiger partial charge in [0.25, 0.3) is 5.91 Å². The molecule has 2 aromatic rings. The summed E-state index contributed by atoms with van der Waals surface area (Å²) < 4.78 is 18.6. The highest BCUT2D eigenvalue weighted by atomic mass is 35.5. The highest BCUT2D eigenvalue weighted by Crippen LogP contribution is 2.19. The largest absolute Gasteiger partial charge is 0.488 e. The summed E-state index contributed by atoms with van der Waals surface area (Å²) >= 11 is 0. The lowest BCUT2D eigenvalue weighted by Gasteiger charge is -2.12. The highest BCUT2D eigenvalue weighted by Gasteiger charge is 2.11. The average molecular weight is 353 g/mol. The van der Waals surface area contributed by atoms with Gasteiger partial charge in [-0.2, -0.15) is 0 Å². The number of halogens is 2. The van der Waals surface area contributed by atoms with Gasteiger partial charge in [0, 0.05) is 6.54 Å². The lowest BCUT2D eigenvalue weighted by Crippen LogP contribution is -2.27. The average Bonchev–Trinajstić information content (AvgIpc) is 2.58. The minimum absolute atomic E-state index is 0. The van der Waals surface area contributed by atoms with E-state index in [4.69, 9.17) is 4.74 Å². The molecule has 0 saturated carbocycles. The first-order chi connectivity index (χ1) is 11.2. The summed E-state index contributed by atoms with van der Waals surface area (Å²) in [5.41, 5.74) is 1.34. The molecule has 2 aromatic carbocycles. The fourth-order valence-electron chi connectivity index (χ4n) is 2.08. The Balaban J connectivity index is 0.00000288. The SMILES string of the molecule is CNCCCNC(=O)c1ccccc1OCc1ccc(F)cc1.Cl. The van der Waals surface area contributed by atoms with E-state index in [1.807, 2.05) is 13.1 Å². The summed E-state index contributed by atoms with van der Waals surface area (Å²) in [6.45, 7) is 1.74. The Bertz CT molecular complexity index is 635. The first-order valence-corrected chi connectivity index (χ1v) is 7.60. The van der Waals surface area contributed by atoms with E-state index in [1.165, 1.54) is 12.1 Å². The predicted molar refractivity (Wildman–Crippen MR) is 95.3 cm³/mol. The Morgan fingerprint density at radius 1 is 1.08 bits per heavy atom. The minimum atomic E-state index is -0.282. The molecule has 0 unspecified atom stereocenters. The van der Waals surface area contributed by atoms with Crippen molar-refractivity contribution in [1.82, 2.24) is 10.6 Å². The van der Waals surface area contributed by atoms with E-state index in [0.29, 0.717) is 17.9 Å². The number of carbonyl (C=O) groups is 1. The molecule has 1 amide bonds. The molecular formula is C18H22ClFN2O2. The van der Waals surface area contributed by atoms with Crippen molar-refractivity contribution >= 4 is 18.3 Å². The standard InChI is InChI=1S/C18H21FN2O2.ClH/c1-20-11-4-12-21-18(22)16-5-2-3-6-17(16)23-13-14-7-9-15(19)10-8-14;/h2-3,5-10,20H,4,11-13H2,1H3,(H,21,22);1H. The predicted octanol–water partition coefficient (Wildman–Crippen LogP) is 3.17. The van der Waals surface area contributed by atoms with Gasteiger partial charge < -0.3 is 15.4 Å². The maximum absolute atomic E-state index is 12.9. The van der Waals surface area contributed by atoms with Crippen LogP contribution < -0.4 is 15.4 Å². The number of benzene rings is 2. The Hall–Kier alpha value is -2.11. The van der Waals surface area contributed by atoms with Crippen LogP contribution in [0.3, 0.4) is 0 Å². The van der Waals surface area contributed by atoms with Crippen LogP contribution in [0.4, 0.5) is 4.39 Å². The lowest BCUT2D eigenvalue weighted by molar-refractivity contribution is 0.0948. The van der Waals surface area contributed by atoms with Gasteiger partial charge in [0.05, 0.1) is 5.56 Å².